The molecule has 0 aromatic heterocycles. The van der Waals surface area contributed by atoms with Crippen LogP contribution in [0.25, 0.3) is 0 Å². The Morgan fingerprint density at radius 1 is 1.16 bits per heavy atom. The fraction of sp³-hybridized carbons (Fsp3) is 0.300. The van der Waals surface area contributed by atoms with E-state index >= 15 is 0 Å². The number of benzene rings is 2. The van der Waals surface area contributed by atoms with Gasteiger partial charge in [-0.1, -0.05) is 24.3 Å². The van der Waals surface area contributed by atoms with Crippen LogP contribution in [0.1, 0.15) is 35.7 Å². The molecule has 0 atom stereocenters. The molecule has 1 saturated heterocycles. The van der Waals surface area contributed by atoms with Gasteiger partial charge in [0, 0.05) is 25.1 Å². The van der Waals surface area contributed by atoms with Crippen LogP contribution in [0.3, 0.4) is 0 Å². The summed E-state index contributed by atoms with van der Waals surface area (Å²) in [6.45, 7) is 3.86. The van der Waals surface area contributed by atoms with Crippen LogP contribution < -0.4 is 10.1 Å². The Morgan fingerprint density at radius 3 is 2.60 bits per heavy atom. The molecule has 2 amide bonds. The molecular weight excluding hydrogens is 316 g/mol. The molecule has 3 rings (SSSR count). The van der Waals surface area contributed by atoms with Gasteiger partial charge in [0.25, 0.3) is 5.91 Å². The normalized spacial score (nSPS) is 13.8. The van der Waals surface area contributed by atoms with Gasteiger partial charge in [0.2, 0.25) is 5.91 Å². The maximum atomic E-state index is 12.4. The third kappa shape index (κ3) is 4.18. The van der Waals surface area contributed by atoms with Crippen LogP contribution in [0.4, 0.5) is 5.69 Å². The lowest BCUT2D eigenvalue weighted by Crippen LogP contribution is -2.23. The number of carbonyl (C=O) groups excluding carboxylic acids is 2. The zero-order valence-corrected chi connectivity index (χ0v) is 14.3. The lowest BCUT2D eigenvalue weighted by atomic mass is 10.1. The van der Waals surface area contributed by atoms with Crippen molar-refractivity contribution in [2.24, 2.45) is 0 Å². The van der Waals surface area contributed by atoms with E-state index in [1.807, 2.05) is 48.2 Å². The van der Waals surface area contributed by atoms with Crippen LogP contribution in [0.15, 0.2) is 48.5 Å². The van der Waals surface area contributed by atoms with Gasteiger partial charge in [-0.15, -0.1) is 0 Å². The number of amides is 2. The van der Waals surface area contributed by atoms with Crippen LogP contribution in [0.5, 0.6) is 5.75 Å². The molecule has 5 nitrogen and oxygen atoms in total. The summed E-state index contributed by atoms with van der Waals surface area (Å²) in [4.78, 5) is 26.0. The number of ether oxygens (including phenoxy) is 1. The van der Waals surface area contributed by atoms with E-state index in [-0.39, 0.29) is 11.8 Å². The number of hydrogen-bond donors (Lipinski definition) is 1. The van der Waals surface area contributed by atoms with Crippen molar-refractivity contribution in [2.45, 2.75) is 26.3 Å². The quantitative estimate of drug-likeness (QED) is 0.877. The number of likely N-dealkylation sites (tertiary alicyclic amines) is 1. The average Bonchev–Trinajstić information content (AvgIpc) is 3.02. The van der Waals surface area contributed by atoms with Crippen molar-refractivity contribution in [2.75, 3.05) is 18.5 Å². The third-order valence-electron chi connectivity index (χ3n) is 4.20. The van der Waals surface area contributed by atoms with Gasteiger partial charge in [0.05, 0.1) is 12.3 Å². The maximum Gasteiger partial charge on any atom is 0.255 e. The molecule has 0 spiro atoms. The van der Waals surface area contributed by atoms with Crippen LogP contribution in [0.2, 0.25) is 0 Å². The van der Waals surface area contributed by atoms with Crippen molar-refractivity contribution < 1.29 is 14.3 Å². The minimum Gasteiger partial charge on any atom is -0.492 e. The Morgan fingerprint density at radius 2 is 1.92 bits per heavy atom. The van der Waals surface area contributed by atoms with Gasteiger partial charge in [-0.2, -0.15) is 0 Å². The van der Waals surface area contributed by atoms with Gasteiger partial charge in [0.1, 0.15) is 5.75 Å². The van der Waals surface area contributed by atoms with Crippen molar-refractivity contribution in [3.05, 3.63) is 59.7 Å². The topological polar surface area (TPSA) is 58.6 Å². The predicted octanol–water partition coefficient (Wildman–Crippen LogP) is 3.46. The number of nitrogens with one attached hydrogen (secondary N) is 1. The first-order valence-electron chi connectivity index (χ1n) is 8.57. The highest BCUT2D eigenvalue weighted by atomic mass is 16.5. The number of carbonyl (C=O) groups is 2. The van der Waals surface area contributed by atoms with E-state index in [1.54, 1.807) is 12.1 Å². The molecule has 5 heteroatoms. The van der Waals surface area contributed by atoms with Gasteiger partial charge in [-0.05, 0) is 43.2 Å². The Kier molecular flexibility index (Phi) is 5.33. The first-order chi connectivity index (χ1) is 12.2. The molecule has 25 heavy (non-hydrogen) atoms. The van der Waals surface area contributed by atoms with E-state index in [9.17, 15) is 9.59 Å². The summed E-state index contributed by atoms with van der Waals surface area (Å²) in [5, 5.41) is 2.88. The van der Waals surface area contributed by atoms with E-state index in [1.165, 1.54) is 0 Å². The number of nitrogens with zero attached hydrogens (tertiary/aromatic N) is 1. The van der Waals surface area contributed by atoms with Gasteiger partial charge in [0.15, 0.2) is 0 Å². The van der Waals surface area contributed by atoms with Gasteiger partial charge < -0.3 is 15.0 Å². The van der Waals surface area contributed by atoms with Crippen molar-refractivity contribution in [3.8, 4) is 5.75 Å². The molecule has 0 unspecified atom stereocenters. The molecule has 0 saturated carbocycles. The van der Waals surface area contributed by atoms with Crippen LogP contribution in [-0.4, -0.2) is 29.9 Å². The van der Waals surface area contributed by atoms with Gasteiger partial charge in [-0.3, -0.25) is 9.59 Å². The highest BCUT2D eigenvalue weighted by Crippen LogP contribution is 2.24. The van der Waals surface area contributed by atoms with Crippen molar-refractivity contribution in [1.82, 2.24) is 4.90 Å². The second kappa shape index (κ2) is 7.83. The number of anilines is 1. The molecule has 130 valence electrons. The average molecular weight is 338 g/mol. The third-order valence-corrected chi connectivity index (χ3v) is 4.20. The van der Waals surface area contributed by atoms with E-state index < -0.39 is 0 Å². The Bertz CT molecular complexity index is 756. The zero-order valence-electron chi connectivity index (χ0n) is 14.3. The first kappa shape index (κ1) is 17.0. The number of para-hydroxylation sites is 2. The minimum atomic E-state index is -0.184. The molecular formula is C20H22N2O3. The largest absolute Gasteiger partial charge is 0.492 e. The lowest BCUT2D eigenvalue weighted by molar-refractivity contribution is -0.128. The molecule has 1 N–H and O–H groups in total. The molecule has 2 aromatic carbocycles. The molecule has 0 bridgehead atoms. The SMILES string of the molecule is CCOc1ccccc1NC(=O)c1ccc(CN2CCCC2=O)cc1. The molecule has 1 fully saturated rings. The van der Waals surface area contributed by atoms with E-state index in [0.717, 1.165) is 18.5 Å². The summed E-state index contributed by atoms with van der Waals surface area (Å²) in [5.74, 6) is 0.674. The van der Waals surface area contributed by atoms with Crippen molar-refractivity contribution in [3.63, 3.8) is 0 Å². The highest BCUT2D eigenvalue weighted by Gasteiger charge is 2.20. The number of rotatable bonds is 6. The predicted molar refractivity (Wildman–Crippen MR) is 96.7 cm³/mol. The maximum absolute atomic E-state index is 12.4. The molecule has 1 aliphatic rings. The highest BCUT2D eigenvalue weighted by molar-refractivity contribution is 6.05. The van der Waals surface area contributed by atoms with Crippen LogP contribution in [-0.2, 0) is 11.3 Å². The molecule has 1 aliphatic heterocycles. The second-order valence-corrected chi connectivity index (χ2v) is 6.00. The lowest BCUT2D eigenvalue weighted by Gasteiger charge is -2.15. The van der Waals surface area contributed by atoms with Crippen molar-refractivity contribution in [1.29, 1.82) is 0 Å². The van der Waals surface area contributed by atoms with E-state index in [2.05, 4.69) is 5.32 Å². The minimum absolute atomic E-state index is 0.184. The van der Waals surface area contributed by atoms with Gasteiger partial charge in [-0.25, -0.2) is 0 Å². The zero-order chi connectivity index (χ0) is 17.6. The summed E-state index contributed by atoms with van der Waals surface area (Å²) in [6, 6.07) is 14.7. The summed E-state index contributed by atoms with van der Waals surface area (Å²) >= 11 is 0. The Hall–Kier alpha value is -2.82. The summed E-state index contributed by atoms with van der Waals surface area (Å²) in [5.41, 5.74) is 2.26. The fourth-order valence-corrected chi connectivity index (χ4v) is 2.90. The van der Waals surface area contributed by atoms with Crippen molar-refractivity contribution >= 4 is 17.5 Å². The number of hydrogen-bond acceptors (Lipinski definition) is 3. The Labute approximate surface area is 147 Å². The standard InChI is InChI=1S/C20H22N2O3/c1-2-25-18-7-4-3-6-17(18)21-20(24)16-11-9-15(10-12-16)14-22-13-5-8-19(22)23/h3-4,6-7,9-12H,2,5,8,13-14H2,1H3,(H,21,24). The first-order valence-corrected chi connectivity index (χ1v) is 8.57. The summed E-state index contributed by atoms with van der Waals surface area (Å²) < 4.78 is 5.53. The summed E-state index contributed by atoms with van der Waals surface area (Å²) in [6.07, 6.45) is 1.57. The van der Waals surface area contributed by atoms with Crippen LogP contribution >= 0.6 is 0 Å². The Balaban J connectivity index is 1.66. The fourth-order valence-electron chi connectivity index (χ4n) is 2.90. The van der Waals surface area contributed by atoms with Gasteiger partial charge >= 0.3 is 0 Å². The molecule has 2 aromatic rings. The molecule has 0 aliphatic carbocycles. The molecule has 0 radical (unpaired) electrons. The van der Waals surface area contributed by atoms with E-state index in [0.29, 0.717) is 36.6 Å². The van der Waals surface area contributed by atoms with Crippen LogP contribution in [0, 0.1) is 0 Å². The molecule has 1 heterocycles. The smallest absolute Gasteiger partial charge is 0.255 e. The second-order valence-electron chi connectivity index (χ2n) is 6.00. The van der Waals surface area contributed by atoms with E-state index in [4.69, 9.17) is 4.74 Å². The summed E-state index contributed by atoms with van der Waals surface area (Å²) in [7, 11) is 0. The monoisotopic (exact) mass is 338 g/mol.